The topological polar surface area (TPSA) is 115 Å². The molecule has 0 fully saturated rings. The minimum atomic E-state index is -4.64. The van der Waals surface area contributed by atoms with Crippen molar-refractivity contribution in [1.82, 2.24) is 20.1 Å². The van der Waals surface area contributed by atoms with Gasteiger partial charge in [-0.05, 0) is 42.5 Å². The summed E-state index contributed by atoms with van der Waals surface area (Å²) in [6, 6.07) is 10.1. The van der Waals surface area contributed by atoms with Crippen molar-refractivity contribution in [3.63, 3.8) is 0 Å². The third-order valence-corrected chi connectivity index (χ3v) is 4.39. The number of alkyl halides is 3. The third kappa shape index (κ3) is 5.54. The summed E-state index contributed by atoms with van der Waals surface area (Å²) in [5.41, 5.74) is -0.735. The second-order valence-corrected chi connectivity index (χ2v) is 6.78. The largest absolute Gasteiger partial charge is 0.439 e. The van der Waals surface area contributed by atoms with Crippen molar-refractivity contribution in [2.45, 2.75) is 6.18 Å². The zero-order chi connectivity index (χ0) is 23.4. The molecule has 2 aromatic carbocycles. The molecule has 9 nitrogen and oxygen atoms in total. The van der Waals surface area contributed by atoms with Crippen molar-refractivity contribution in [3.8, 4) is 23.3 Å². The standard InChI is InChI=1S/C20H12ClF3N6O3/c21-15-6-3-12(9-14(15)20(22,23)24)28-19(31)27-11-1-4-13(5-2-11)33-16-7-8-25-17(29-16)18-26-10-32-30-18/h1-10H,(H2,27,28,31). The van der Waals surface area contributed by atoms with E-state index in [0.29, 0.717) is 11.4 Å². The first-order valence-electron chi connectivity index (χ1n) is 9.10. The van der Waals surface area contributed by atoms with Gasteiger partial charge in [0.1, 0.15) is 5.75 Å². The Labute approximate surface area is 188 Å². The van der Waals surface area contributed by atoms with E-state index in [-0.39, 0.29) is 23.2 Å². The smallest absolute Gasteiger partial charge is 0.417 e. The predicted molar refractivity (Wildman–Crippen MR) is 111 cm³/mol. The lowest BCUT2D eigenvalue weighted by Gasteiger charge is -2.12. The fourth-order valence-electron chi connectivity index (χ4n) is 2.62. The molecule has 168 valence electrons. The summed E-state index contributed by atoms with van der Waals surface area (Å²) in [6.07, 6.45) is -2.03. The molecule has 0 spiro atoms. The summed E-state index contributed by atoms with van der Waals surface area (Å²) in [6.45, 7) is 0. The summed E-state index contributed by atoms with van der Waals surface area (Å²) < 4.78 is 49.2. The SMILES string of the molecule is O=C(Nc1ccc(Oc2ccnc(-c3ncon3)n2)cc1)Nc1ccc(Cl)c(C(F)(F)F)c1. The molecule has 2 N–H and O–H groups in total. The summed E-state index contributed by atoms with van der Waals surface area (Å²) in [4.78, 5) is 24.2. The molecule has 2 heterocycles. The van der Waals surface area contributed by atoms with Gasteiger partial charge in [0.15, 0.2) is 0 Å². The van der Waals surface area contributed by atoms with Gasteiger partial charge in [0.25, 0.3) is 0 Å². The van der Waals surface area contributed by atoms with Crippen LogP contribution in [-0.4, -0.2) is 26.1 Å². The molecule has 13 heteroatoms. The second-order valence-electron chi connectivity index (χ2n) is 6.37. The van der Waals surface area contributed by atoms with Crippen molar-refractivity contribution < 1.29 is 27.2 Å². The van der Waals surface area contributed by atoms with Crippen LogP contribution in [0.2, 0.25) is 5.02 Å². The highest BCUT2D eigenvalue weighted by atomic mass is 35.5. The maximum absolute atomic E-state index is 13.0. The number of anilines is 2. The Hall–Kier alpha value is -4.19. The minimum Gasteiger partial charge on any atom is -0.439 e. The Bertz CT molecular complexity index is 1270. The lowest BCUT2D eigenvalue weighted by Crippen LogP contribution is -2.19. The van der Waals surface area contributed by atoms with Gasteiger partial charge in [-0.15, -0.1) is 0 Å². The third-order valence-electron chi connectivity index (χ3n) is 4.06. The molecular weight excluding hydrogens is 465 g/mol. The van der Waals surface area contributed by atoms with E-state index in [1.165, 1.54) is 18.3 Å². The van der Waals surface area contributed by atoms with Crippen LogP contribution in [0.3, 0.4) is 0 Å². The molecule has 0 bridgehead atoms. The molecule has 0 unspecified atom stereocenters. The maximum atomic E-state index is 13.0. The molecule has 0 aliphatic carbocycles. The van der Waals surface area contributed by atoms with Crippen molar-refractivity contribution >= 4 is 29.0 Å². The van der Waals surface area contributed by atoms with Gasteiger partial charge >= 0.3 is 12.2 Å². The number of hydrogen-bond acceptors (Lipinski definition) is 7. The molecule has 0 aliphatic heterocycles. The van der Waals surface area contributed by atoms with E-state index in [1.807, 2.05) is 0 Å². The van der Waals surface area contributed by atoms with E-state index in [1.54, 1.807) is 24.3 Å². The number of benzene rings is 2. The van der Waals surface area contributed by atoms with E-state index in [0.717, 1.165) is 18.5 Å². The number of amides is 2. The first-order valence-corrected chi connectivity index (χ1v) is 9.48. The number of nitrogens with one attached hydrogen (secondary N) is 2. The van der Waals surface area contributed by atoms with Crippen LogP contribution in [0.4, 0.5) is 29.3 Å². The highest BCUT2D eigenvalue weighted by Gasteiger charge is 2.33. The Morgan fingerprint density at radius 1 is 0.970 bits per heavy atom. The van der Waals surface area contributed by atoms with Gasteiger partial charge in [-0.2, -0.15) is 23.1 Å². The second kappa shape index (κ2) is 9.12. The van der Waals surface area contributed by atoms with Gasteiger partial charge in [0, 0.05) is 23.6 Å². The number of carbonyl (C=O) groups excluding carboxylic acids is 1. The van der Waals surface area contributed by atoms with E-state index in [2.05, 4.69) is 35.3 Å². The predicted octanol–water partition coefficient (Wildman–Crippen LogP) is 5.64. The molecule has 0 saturated heterocycles. The first kappa shape index (κ1) is 22.0. The number of urea groups is 1. The molecule has 2 amide bonds. The van der Waals surface area contributed by atoms with Gasteiger partial charge in [0.05, 0.1) is 10.6 Å². The molecule has 0 saturated carbocycles. The van der Waals surface area contributed by atoms with Crippen molar-refractivity contribution in [2.75, 3.05) is 10.6 Å². The van der Waals surface area contributed by atoms with E-state index < -0.39 is 22.8 Å². The number of hydrogen-bond donors (Lipinski definition) is 2. The summed E-state index contributed by atoms with van der Waals surface area (Å²) in [5.74, 6) is 1.05. The van der Waals surface area contributed by atoms with Crippen molar-refractivity contribution in [1.29, 1.82) is 0 Å². The molecule has 33 heavy (non-hydrogen) atoms. The van der Waals surface area contributed by atoms with Gasteiger partial charge < -0.3 is 19.9 Å². The zero-order valence-corrected chi connectivity index (χ0v) is 17.1. The monoisotopic (exact) mass is 476 g/mol. The summed E-state index contributed by atoms with van der Waals surface area (Å²) in [5, 5.41) is 8.03. The minimum absolute atomic E-state index is 0.0645. The maximum Gasteiger partial charge on any atom is 0.417 e. The number of aromatic nitrogens is 4. The molecule has 4 aromatic rings. The molecule has 4 rings (SSSR count). The van der Waals surface area contributed by atoms with Crippen LogP contribution < -0.4 is 15.4 Å². The highest BCUT2D eigenvalue weighted by molar-refractivity contribution is 6.31. The fraction of sp³-hybridized carbons (Fsp3) is 0.0500. The molecule has 0 aliphatic rings. The molecule has 0 atom stereocenters. The van der Waals surface area contributed by atoms with Crippen molar-refractivity contribution in [2.24, 2.45) is 0 Å². The molecular formula is C20H12ClF3N6O3. The Kier molecular flexibility index (Phi) is 6.09. The normalized spacial score (nSPS) is 11.2. The van der Waals surface area contributed by atoms with E-state index in [4.69, 9.17) is 16.3 Å². The lowest BCUT2D eigenvalue weighted by molar-refractivity contribution is -0.137. The van der Waals surface area contributed by atoms with E-state index in [9.17, 15) is 18.0 Å². The number of halogens is 4. The first-order chi connectivity index (χ1) is 15.8. The van der Waals surface area contributed by atoms with Crippen LogP contribution in [0.1, 0.15) is 5.56 Å². The molecule has 2 aromatic heterocycles. The number of ether oxygens (including phenoxy) is 1. The van der Waals surface area contributed by atoms with Crippen LogP contribution in [0.25, 0.3) is 11.6 Å². The van der Waals surface area contributed by atoms with Gasteiger partial charge in [-0.3, -0.25) is 0 Å². The quantitative estimate of drug-likeness (QED) is 0.383. The van der Waals surface area contributed by atoms with Crippen LogP contribution in [0.15, 0.2) is 65.6 Å². The Morgan fingerprint density at radius 2 is 1.70 bits per heavy atom. The average molecular weight is 477 g/mol. The summed E-state index contributed by atoms with van der Waals surface area (Å²) in [7, 11) is 0. The molecule has 0 radical (unpaired) electrons. The zero-order valence-electron chi connectivity index (χ0n) is 16.3. The van der Waals surface area contributed by atoms with E-state index >= 15 is 0 Å². The lowest BCUT2D eigenvalue weighted by atomic mass is 10.2. The van der Waals surface area contributed by atoms with Gasteiger partial charge in [-0.1, -0.05) is 16.8 Å². The van der Waals surface area contributed by atoms with Gasteiger partial charge in [0.2, 0.25) is 23.9 Å². The number of rotatable bonds is 5. The Morgan fingerprint density at radius 3 is 2.39 bits per heavy atom. The van der Waals surface area contributed by atoms with Crippen molar-refractivity contribution in [3.05, 3.63) is 71.7 Å². The number of nitrogens with zero attached hydrogens (tertiary/aromatic N) is 4. The van der Waals surface area contributed by atoms with Gasteiger partial charge in [-0.25, -0.2) is 9.78 Å². The van der Waals surface area contributed by atoms with Crippen LogP contribution in [0, 0.1) is 0 Å². The average Bonchev–Trinajstić information content (AvgIpc) is 3.31. The highest BCUT2D eigenvalue weighted by Crippen LogP contribution is 2.36. The fourth-order valence-corrected chi connectivity index (χ4v) is 2.84. The Balaban J connectivity index is 1.38. The summed E-state index contributed by atoms with van der Waals surface area (Å²) >= 11 is 5.58. The van der Waals surface area contributed by atoms with Crippen LogP contribution >= 0.6 is 11.6 Å². The van der Waals surface area contributed by atoms with Crippen LogP contribution in [0.5, 0.6) is 11.6 Å². The number of carbonyl (C=O) groups is 1. The van der Waals surface area contributed by atoms with Crippen LogP contribution in [-0.2, 0) is 6.18 Å².